The molecule has 0 amide bonds. The summed E-state index contributed by atoms with van der Waals surface area (Å²) < 4.78 is 1.82. The van der Waals surface area contributed by atoms with Crippen molar-refractivity contribution in [3.8, 4) is 11.4 Å². The maximum atomic E-state index is 4.20. The van der Waals surface area contributed by atoms with Crippen LogP contribution in [0.4, 0.5) is 0 Å². The summed E-state index contributed by atoms with van der Waals surface area (Å²) in [6.45, 7) is 0. The Bertz CT molecular complexity index is 370. The van der Waals surface area contributed by atoms with Gasteiger partial charge in [-0.3, -0.25) is 0 Å². The van der Waals surface area contributed by atoms with Gasteiger partial charge in [0.1, 0.15) is 0 Å². The van der Waals surface area contributed by atoms with E-state index in [1.807, 2.05) is 21.6 Å². The van der Waals surface area contributed by atoms with E-state index in [1.54, 1.807) is 12.4 Å². The molecule has 2 aromatic rings. The van der Waals surface area contributed by atoms with E-state index in [0.717, 1.165) is 30.2 Å². The standard InChI is InChI=1S/C7H5N4.Ga.H/c1-2-4-8-6(3-1)7-5-9-11-10-7;;/h1-5H;;/q-1;+1;. The number of hydrogen-bond donors (Lipinski definition) is 0. The fraction of sp³-hybridized carbons (Fsp3) is 0. The van der Waals surface area contributed by atoms with Gasteiger partial charge in [0.15, 0.2) is 0 Å². The third-order valence-corrected chi connectivity index (χ3v) is 2.53. The van der Waals surface area contributed by atoms with Crippen LogP contribution < -0.4 is 0 Å². The number of aromatic nitrogens is 4. The zero-order chi connectivity index (χ0) is 8.39. The van der Waals surface area contributed by atoms with E-state index in [9.17, 15) is 0 Å². The molecule has 2 rings (SSSR count). The molecule has 12 heavy (non-hydrogen) atoms. The molecule has 2 aromatic heterocycles. The molecule has 0 N–H and O–H groups in total. The van der Waals surface area contributed by atoms with E-state index in [-0.39, 0.29) is 0 Å². The number of hydrogen-bond acceptors (Lipinski definition) is 3. The third kappa shape index (κ3) is 1.28. The van der Waals surface area contributed by atoms with Crippen molar-refractivity contribution in [1.82, 2.24) is 18.7 Å². The summed E-state index contributed by atoms with van der Waals surface area (Å²) in [5.74, 6) is 0. The minimum absolute atomic E-state index is 0.925. The molecule has 4 nitrogen and oxygen atoms in total. The Morgan fingerprint density at radius 3 is 2.83 bits per heavy atom. The van der Waals surface area contributed by atoms with Gasteiger partial charge in [-0.15, -0.1) is 0 Å². The first-order valence-corrected chi connectivity index (χ1v) is 4.83. The second-order valence-corrected chi connectivity index (χ2v) is 3.59. The normalized spacial score (nSPS) is 10.0. The summed E-state index contributed by atoms with van der Waals surface area (Å²) in [5.41, 5.74) is 1.91. The van der Waals surface area contributed by atoms with Crippen LogP contribution >= 0.6 is 0 Å². The molecule has 0 aromatic carbocycles. The van der Waals surface area contributed by atoms with Crippen LogP contribution in [-0.4, -0.2) is 37.5 Å². The first-order chi connectivity index (χ1) is 5.88. The maximum absolute atomic E-state index is 4.20. The summed E-state index contributed by atoms with van der Waals surface area (Å²) >= 11 is 0.936. The van der Waals surface area contributed by atoms with Gasteiger partial charge in [0, 0.05) is 0 Å². The van der Waals surface area contributed by atoms with E-state index in [1.165, 1.54) is 0 Å². The molecular formula is C7H6GaN4. The van der Waals surface area contributed by atoms with Crippen LogP contribution in [-0.2, 0) is 0 Å². The van der Waals surface area contributed by atoms with Crippen molar-refractivity contribution in [2.45, 2.75) is 0 Å². The Kier molecular flexibility index (Phi) is 1.97. The molecule has 57 valence electrons. The van der Waals surface area contributed by atoms with E-state index in [4.69, 9.17) is 0 Å². The number of rotatable bonds is 1. The van der Waals surface area contributed by atoms with E-state index < -0.39 is 0 Å². The van der Waals surface area contributed by atoms with Gasteiger partial charge in [0.2, 0.25) is 0 Å². The fourth-order valence-corrected chi connectivity index (χ4v) is 1.63. The van der Waals surface area contributed by atoms with Crippen molar-refractivity contribution < 1.29 is 0 Å². The van der Waals surface area contributed by atoms with Crippen LogP contribution in [0.25, 0.3) is 11.4 Å². The fourth-order valence-electron chi connectivity index (χ4n) is 0.970. The van der Waals surface area contributed by atoms with Crippen LogP contribution in [0.2, 0.25) is 0 Å². The van der Waals surface area contributed by atoms with Gasteiger partial charge in [-0.2, -0.15) is 0 Å². The minimum atomic E-state index is 0.925. The van der Waals surface area contributed by atoms with Crippen LogP contribution in [0, 0.1) is 0 Å². The molecule has 0 unspecified atom stereocenters. The Morgan fingerprint density at radius 1 is 1.33 bits per heavy atom. The first kappa shape index (κ1) is 7.57. The van der Waals surface area contributed by atoms with Crippen LogP contribution in [0.15, 0.2) is 30.6 Å². The Labute approximate surface area is 79.8 Å². The van der Waals surface area contributed by atoms with Gasteiger partial charge >= 0.3 is 79.5 Å². The van der Waals surface area contributed by atoms with Crippen molar-refractivity contribution in [1.29, 1.82) is 0 Å². The third-order valence-electron chi connectivity index (χ3n) is 1.55. The molecular weight excluding hydrogens is 210 g/mol. The van der Waals surface area contributed by atoms with Gasteiger partial charge in [-0.25, -0.2) is 0 Å². The molecule has 0 bridgehead atoms. The summed E-state index contributed by atoms with van der Waals surface area (Å²) in [4.78, 5) is 4.20. The average Bonchev–Trinajstić information content (AvgIpc) is 2.53. The predicted molar refractivity (Wildman–Crippen MR) is 45.8 cm³/mol. The van der Waals surface area contributed by atoms with Gasteiger partial charge in [-0.05, 0) is 0 Å². The zero-order valence-corrected chi connectivity index (χ0v) is 9.35. The predicted octanol–water partition coefficient (Wildman–Crippen LogP) is 0.00400. The SMILES string of the molecule is [GaH][n]1nncc1-c1ccccn1. The molecule has 0 aliphatic rings. The molecule has 0 aliphatic carbocycles. The second kappa shape index (κ2) is 3.12. The average molecular weight is 216 g/mol. The molecule has 0 fully saturated rings. The van der Waals surface area contributed by atoms with Crippen molar-refractivity contribution in [3.05, 3.63) is 30.6 Å². The molecule has 0 spiro atoms. The number of pyridine rings is 1. The van der Waals surface area contributed by atoms with E-state index >= 15 is 0 Å². The first-order valence-electron chi connectivity index (χ1n) is 3.51. The van der Waals surface area contributed by atoms with Crippen molar-refractivity contribution >= 4 is 18.8 Å². The molecule has 0 saturated heterocycles. The van der Waals surface area contributed by atoms with Crippen LogP contribution in [0.3, 0.4) is 0 Å². The number of nitrogens with zero attached hydrogens (tertiary/aromatic N) is 4. The van der Waals surface area contributed by atoms with Gasteiger partial charge in [0.25, 0.3) is 0 Å². The van der Waals surface area contributed by atoms with Crippen LogP contribution in [0.1, 0.15) is 0 Å². The summed E-state index contributed by atoms with van der Waals surface area (Å²) in [7, 11) is 0. The van der Waals surface area contributed by atoms with Gasteiger partial charge in [-0.1, -0.05) is 0 Å². The van der Waals surface area contributed by atoms with Crippen molar-refractivity contribution in [2.24, 2.45) is 0 Å². The quantitative estimate of drug-likeness (QED) is 0.630. The van der Waals surface area contributed by atoms with E-state index in [0.29, 0.717) is 0 Å². The molecule has 0 aliphatic heterocycles. The van der Waals surface area contributed by atoms with Gasteiger partial charge in [0.05, 0.1) is 0 Å². The second-order valence-electron chi connectivity index (χ2n) is 2.33. The Balaban J connectivity index is 2.51. The molecule has 2 heterocycles. The van der Waals surface area contributed by atoms with E-state index in [2.05, 4.69) is 15.3 Å². The Morgan fingerprint density at radius 2 is 2.25 bits per heavy atom. The van der Waals surface area contributed by atoms with Crippen LogP contribution in [0.5, 0.6) is 0 Å². The topological polar surface area (TPSA) is 43.6 Å². The molecule has 1 radical (unpaired) electrons. The zero-order valence-electron chi connectivity index (χ0n) is 6.38. The Hall–Kier alpha value is -1.07. The molecule has 0 atom stereocenters. The van der Waals surface area contributed by atoms with Crippen molar-refractivity contribution in [2.75, 3.05) is 0 Å². The van der Waals surface area contributed by atoms with Crippen molar-refractivity contribution in [3.63, 3.8) is 0 Å². The molecule has 0 saturated carbocycles. The summed E-state index contributed by atoms with van der Waals surface area (Å²) in [6, 6.07) is 5.80. The monoisotopic (exact) mass is 215 g/mol. The van der Waals surface area contributed by atoms with Gasteiger partial charge < -0.3 is 0 Å². The summed E-state index contributed by atoms with van der Waals surface area (Å²) in [6.07, 6.45) is 3.49. The summed E-state index contributed by atoms with van der Waals surface area (Å²) in [5, 5.41) is 7.68. The molecule has 5 heteroatoms.